The zero-order valence-corrected chi connectivity index (χ0v) is 9.86. The Labute approximate surface area is 92.4 Å². The lowest BCUT2D eigenvalue weighted by molar-refractivity contribution is 0.242. The number of hydrogen-bond acceptors (Lipinski definition) is 2. The van der Waals surface area contributed by atoms with E-state index in [0.29, 0.717) is 12.5 Å². The van der Waals surface area contributed by atoms with E-state index >= 15 is 0 Å². The van der Waals surface area contributed by atoms with Crippen LogP contribution in [0.1, 0.15) is 38.7 Å². The van der Waals surface area contributed by atoms with Crippen molar-refractivity contribution in [1.82, 2.24) is 0 Å². The molecule has 2 N–H and O–H groups in total. The first-order chi connectivity index (χ1) is 7.17. The van der Waals surface area contributed by atoms with Crippen LogP contribution in [0.2, 0.25) is 0 Å². The van der Waals surface area contributed by atoms with Crippen LogP contribution in [0.4, 0.5) is 0 Å². The molecular weight excluding hydrogens is 186 g/mol. The molecule has 0 heterocycles. The first-order valence-corrected chi connectivity index (χ1v) is 5.64. The molecule has 15 heavy (non-hydrogen) atoms. The van der Waals surface area contributed by atoms with Crippen LogP contribution in [-0.2, 0) is 0 Å². The van der Waals surface area contributed by atoms with Gasteiger partial charge in [0.1, 0.15) is 5.75 Å². The summed E-state index contributed by atoms with van der Waals surface area (Å²) in [4.78, 5) is 0. The van der Waals surface area contributed by atoms with Gasteiger partial charge >= 0.3 is 0 Å². The van der Waals surface area contributed by atoms with E-state index in [1.54, 1.807) is 0 Å². The lowest BCUT2D eigenvalue weighted by Crippen LogP contribution is -2.11. The van der Waals surface area contributed by atoms with E-state index in [4.69, 9.17) is 10.5 Å². The molecule has 0 radical (unpaired) electrons. The Kier molecular flexibility index (Phi) is 4.63. The summed E-state index contributed by atoms with van der Waals surface area (Å²) in [6.07, 6.45) is 1.31. The van der Waals surface area contributed by atoms with E-state index in [2.05, 4.69) is 19.1 Å². The minimum Gasteiger partial charge on any atom is -0.491 e. The molecule has 84 valence electrons. The molecular formula is C13H21NO. The van der Waals surface area contributed by atoms with Crippen LogP contribution < -0.4 is 10.5 Å². The summed E-state index contributed by atoms with van der Waals surface area (Å²) < 4.78 is 5.58. The topological polar surface area (TPSA) is 35.2 Å². The fraction of sp³-hybridized carbons (Fsp3) is 0.538. The van der Waals surface area contributed by atoms with Gasteiger partial charge in [-0.3, -0.25) is 0 Å². The highest BCUT2D eigenvalue weighted by Crippen LogP contribution is 2.21. The molecule has 1 aromatic rings. The van der Waals surface area contributed by atoms with Crippen LogP contribution in [0, 0.1) is 0 Å². The van der Waals surface area contributed by atoms with E-state index in [1.807, 2.05) is 26.0 Å². The van der Waals surface area contributed by atoms with Gasteiger partial charge in [-0.15, -0.1) is 0 Å². The highest BCUT2D eigenvalue weighted by atomic mass is 16.5. The molecule has 0 aromatic heterocycles. The number of nitrogens with two attached hydrogens (primary N) is 1. The first-order valence-electron chi connectivity index (χ1n) is 5.64. The van der Waals surface area contributed by atoms with Crippen LogP contribution in [-0.4, -0.2) is 12.6 Å². The molecule has 0 aliphatic heterocycles. The van der Waals surface area contributed by atoms with Gasteiger partial charge in [-0.2, -0.15) is 0 Å². The SMILES string of the molecule is CCC(CN)c1ccc(OC(C)C)cc1. The molecule has 0 spiro atoms. The lowest BCUT2D eigenvalue weighted by Gasteiger charge is -2.14. The quantitative estimate of drug-likeness (QED) is 0.805. The fourth-order valence-corrected chi connectivity index (χ4v) is 1.63. The van der Waals surface area contributed by atoms with Gasteiger partial charge in [-0.05, 0) is 50.4 Å². The van der Waals surface area contributed by atoms with Crippen LogP contribution in [0.25, 0.3) is 0 Å². The normalized spacial score (nSPS) is 12.9. The minimum atomic E-state index is 0.229. The highest BCUT2D eigenvalue weighted by molar-refractivity contribution is 5.29. The number of hydrogen-bond donors (Lipinski definition) is 1. The van der Waals surface area contributed by atoms with E-state index in [1.165, 1.54) is 5.56 Å². The van der Waals surface area contributed by atoms with Gasteiger partial charge in [0, 0.05) is 0 Å². The number of ether oxygens (including phenoxy) is 1. The maximum atomic E-state index is 5.70. The van der Waals surface area contributed by atoms with Crippen LogP contribution in [0.3, 0.4) is 0 Å². The van der Waals surface area contributed by atoms with Crippen molar-refractivity contribution in [3.63, 3.8) is 0 Å². The maximum absolute atomic E-state index is 5.70. The minimum absolute atomic E-state index is 0.229. The van der Waals surface area contributed by atoms with Crippen LogP contribution in [0.15, 0.2) is 24.3 Å². The van der Waals surface area contributed by atoms with Crippen molar-refractivity contribution < 1.29 is 4.74 Å². The molecule has 1 rings (SSSR count). The number of rotatable bonds is 5. The fourth-order valence-electron chi connectivity index (χ4n) is 1.63. The van der Waals surface area contributed by atoms with Crippen LogP contribution in [0.5, 0.6) is 5.75 Å². The summed E-state index contributed by atoms with van der Waals surface area (Å²) in [5, 5.41) is 0. The predicted octanol–water partition coefficient (Wildman–Crippen LogP) is 2.93. The lowest BCUT2D eigenvalue weighted by atomic mass is 9.97. The Balaban J connectivity index is 2.71. The van der Waals surface area contributed by atoms with E-state index in [9.17, 15) is 0 Å². The monoisotopic (exact) mass is 207 g/mol. The van der Waals surface area contributed by atoms with Gasteiger partial charge < -0.3 is 10.5 Å². The first kappa shape index (κ1) is 12.1. The summed E-state index contributed by atoms with van der Waals surface area (Å²) in [6.45, 7) is 6.93. The Morgan fingerprint density at radius 3 is 2.20 bits per heavy atom. The van der Waals surface area contributed by atoms with E-state index < -0.39 is 0 Å². The molecule has 1 aromatic carbocycles. The zero-order valence-electron chi connectivity index (χ0n) is 9.86. The van der Waals surface area contributed by atoms with E-state index in [0.717, 1.165) is 12.2 Å². The van der Waals surface area contributed by atoms with Crippen molar-refractivity contribution in [3.05, 3.63) is 29.8 Å². The second-order valence-electron chi connectivity index (χ2n) is 4.08. The van der Waals surface area contributed by atoms with Gasteiger partial charge in [-0.1, -0.05) is 19.1 Å². The molecule has 0 bridgehead atoms. The van der Waals surface area contributed by atoms with Gasteiger partial charge in [-0.25, -0.2) is 0 Å². The molecule has 0 aliphatic carbocycles. The second-order valence-corrected chi connectivity index (χ2v) is 4.08. The zero-order chi connectivity index (χ0) is 11.3. The Morgan fingerprint density at radius 1 is 1.20 bits per heavy atom. The largest absolute Gasteiger partial charge is 0.491 e. The standard InChI is InChI=1S/C13H21NO/c1-4-11(9-14)12-5-7-13(8-6-12)15-10(2)3/h5-8,10-11H,4,9,14H2,1-3H3. The Hall–Kier alpha value is -1.02. The van der Waals surface area contributed by atoms with Gasteiger partial charge in [0.2, 0.25) is 0 Å². The molecule has 2 heteroatoms. The number of benzene rings is 1. The smallest absolute Gasteiger partial charge is 0.119 e. The van der Waals surface area contributed by atoms with Gasteiger partial charge in [0.25, 0.3) is 0 Å². The van der Waals surface area contributed by atoms with E-state index in [-0.39, 0.29) is 6.10 Å². The summed E-state index contributed by atoms with van der Waals surface area (Å²) in [7, 11) is 0. The van der Waals surface area contributed by atoms with Gasteiger partial charge in [0.05, 0.1) is 6.10 Å². The summed E-state index contributed by atoms with van der Waals surface area (Å²) >= 11 is 0. The summed E-state index contributed by atoms with van der Waals surface area (Å²) in [6, 6.07) is 8.26. The summed E-state index contributed by atoms with van der Waals surface area (Å²) in [5.41, 5.74) is 7.00. The van der Waals surface area contributed by atoms with Crippen molar-refractivity contribution in [2.24, 2.45) is 5.73 Å². The molecule has 0 aliphatic rings. The Morgan fingerprint density at radius 2 is 1.80 bits per heavy atom. The molecule has 1 atom stereocenters. The van der Waals surface area contributed by atoms with Crippen LogP contribution >= 0.6 is 0 Å². The molecule has 0 amide bonds. The average molecular weight is 207 g/mol. The molecule has 0 saturated carbocycles. The molecule has 1 unspecified atom stereocenters. The molecule has 0 fully saturated rings. The highest BCUT2D eigenvalue weighted by Gasteiger charge is 2.06. The summed E-state index contributed by atoms with van der Waals surface area (Å²) in [5.74, 6) is 1.40. The molecule has 0 saturated heterocycles. The third kappa shape index (κ3) is 3.56. The van der Waals surface area contributed by atoms with Gasteiger partial charge in [0.15, 0.2) is 0 Å². The van der Waals surface area contributed by atoms with Crippen molar-refractivity contribution in [1.29, 1.82) is 0 Å². The third-order valence-corrected chi connectivity index (χ3v) is 2.50. The maximum Gasteiger partial charge on any atom is 0.119 e. The second kappa shape index (κ2) is 5.76. The average Bonchev–Trinajstić information content (AvgIpc) is 2.21. The van der Waals surface area contributed by atoms with Crippen molar-refractivity contribution in [3.8, 4) is 5.75 Å². The third-order valence-electron chi connectivity index (χ3n) is 2.50. The van der Waals surface area contributed by atoms with Crippen molar-refractivity contribution >= 4 is 0 Å². The van der Waals surface area contributed by atoms with Crippen molar-refractivity contribution in [2.75, 3.05) is 6.54 Å². The predicted molar refractivity (Wildman–Crippen MR) is 64.3 cm³/mol. The van der Waals surface area contributed by atoms with Crippen molar-refractivity contribution in [2.45, 2.75) is 39.2 Å². The Bertz CT molecular complexity index is 275. The molecule has 2 nitrogen and oxygen atoms in total.